The van der Waals surface area contributed by atoms with Crippen LogP contribution < -0.4 is 10.6 Å². The number of carbonyl (C=O) groups excluding carboxylic acids is 4. The average molecular weight is 412 g/mol. The lowest BCUT2D eigenvalue weighted by atomic mass is 10.1. The Balaban J connectivity index is 1.83. The van der Waals surface area contributed by atoms with E-state index >= 15 is 0 Å². The maximum Gasteiger partial charge on any atom is 0.328 e. The number of hydrogen-bond acceptors (Lipinski definition) is 6. The van der Waals surface area contributed by atoms with Gasteiger partial charge < -0.3 is 20.1 Å². The van der Waals surface area contributed by atoms with Crippen molar-refractivity contribution < 1.29 is 28.7 Å². The van der Waals surface area contributed by atoms with Crippen molar-refractivity contribution in [2.24, 2.45) is 0 Å². The number of carbonyl (C=O) groups is 4. The molecule has 0 saturated carbocycles. The standard InChI is InChI=1S/C22H24N2O6/c1-15(25)23-18-10-8-17(9-11-18)13-21(27)30-14-20(26)24-19(22(28)29-2)12-16-6-4-3-5-7-16/h3-11,19H,12-14H2,1-2H3,(H,23,25)(H,24,26)/t19-/m0/s1. The van der Waals surface area contributed by atoms with E-state index in [9.17, 15) is 19.2 Å². The predicted octanol–water partition coefficient (Wildman–Crippen LogP) is 1.63. The molecule has 2 aromatic rings. The lowest BCUT2D eigenvalue weighted by molar-refractivity contribution is -0.149. The first-order valence-electron chi connectivity index (χ1n) is 9.30. The lowest BCUT2D eigenvalue weighted by Crippen LogP contribution is -2.44. The minimum absolute atomic E-state index is 0.0297. The molecule has 0 fully saturated rings. The molecule has 1 atom stereocenters. The summed E-state index contributed by atoms with van der Waals surface area (Å²) in [6, 6.07) is 15.0. The molecule has 158 valence electrons. The molecule has 0 unspecified atom stereocenters. The van der Waals surface area contributed by atoms with Crippen molar-refractivity contribution in [3.8, 4) is 0 Å². The van der Waals surface area contributed by atoms with Crippen LogP contribution in [0.2, 0.25) is 0 Å². The van der Waals surface area contributed by atoms with E-state index in [4.69, 9.17) is 9.47 Å². The van der Waals surface area contributed by atoms with Gasteiger partial charge in [0.25, 0.3) is 5.91 Å². The Morgan fingerprint density at radius 2 is 1.60 bits per heavy atom. The van der Waals surface area contributed by atoms with Gasteiger partial charge in [0, 0.05) is 19.0 Å². The Labute approximate surface area is 174 Å². The maximum atomic E-state index is 12.1. The van der Waals surface area contributed by atoms with E-state index < -0.39 is 30.5 Å². The van der Waals surface area contributed by atoms with Gasteiger partial charge in [0.05, 0.1) is 13.5 Å². The normalized spacial score (nSPS) is 11.1. The zero-order valence-electron chi connectivity index (χ0n) is 16.8. The van der Waals surface area contributed by atoms with E-state index in [1.807, 2.05) is 30.3 Å². The summed E-state index contributed by atoms with van der Waals surface area (Å²) < 4.78 is 9.73. The molecule has 0 bridgehead atoms. The number of benzene rings is 2. The van der Waals surface area contributed by atoms with E-state index in [-0.39, 0.29) is 18.7 Å². The molecule has 0 radical (unpaired) electrons. The number of hydrogen-bond donors (Lipinski definition) is 2. The number of anilines is 1. The van der Waals surface area contributed by atoms with E-state index in [0.29, 0.717) is 11.3 Å². The highest BCUT2D eigenvalue weighted by atomic mass is 16.5. The van der Waals surface area contributed by atoms with Crippen molar-refractivity contribution in [3.63, 3.8) is 0 Å². The molecule has 30 heavy (non-hydrogen) atoms. The number of amides is 2. The van der Waals surface area contributed by atoms with Gasteiger partial charge in [-0.3, -0.25) is 14.4 Å². The fraction of sp³-hybridized carbons (Fsp3) is 0.273. The molecule has 0 spiro atoms. The fourth-order valence-corrected chi connectivity index (χ4v) is 2.69. The van der Waals surface area contributed by atoms with Crippen molar-refractivity contribution in [3.05, 3.63) is 65.7 Å². The van der Waals surface area contributed by atoms with Gasteiger partial charge in [0.2, 0.25) is 5.91 Å². The van der Waals surface area contributed by atoms with Crippen LogP contribution in [0.25, 0.3) is 0 Å². The average Bonchev–Trinajstić information content (AvgIpc) is 2.73. The van der Waals surface area contributed by atoms with Gasteiger partial charge in [-0.2, -0.15) is 0 Å². The Hall–Kier alpha value is -3.68. The first-order valence-corrected chi connectivity index (χ1v) is 9.30. The predicted molar refractivity (Wildman–Crippen MR) is 110 cm³/mol. The monoisotopic (exact) mass is 412 g/mol. The Morgan fingerprint density at radius 1 is 0.933 bits per heavy atom. The van der Waals surface area contributed by atoms with Gasteiger partial charge in [-0.15, -0.1) is 0 Å². The van der Waals surface area contributed by atoms with E-state index in [1.54, 1.807) is 24.3 Å². The minimum Gasteiger partial charge on any atom is -0.467 e. The number of methoxy groups -OCH3 is 1. The van der Waals surface area contributed by atoms with Crippen molar-refractivity contribution in [2.75, 3.05) is 19.0 Å². The Kier molecular flexibility index (Phi) is 8.56. The van der Waals surface area contributed by atoms with Crippen molar-refractivity contribution >= 4 is 29.4 Å². The van der Waals surface area contributed by atoms with Gasteiger partial charge in [0.15, 0.2) is 6.61 Å². The molecule has 2 amide bonds. The molecule has 2 aromatic carbocycles. The van der Waals surface area contributed by atoms with Crippen LogP contribution in [0.5, 0.6) is 0 Å². The minimum atomic E-state index is -0.884. The molecule has 0 aliphatic rings. The molecular formula is C22H24N2O6. The smallest absolute Gasteiger partial charge is 0.328 e. The van der Waals surface area contributed by atoms with Crippen LogP contribution in [-0.2, 0) is 41.5 Å². The Bertz CT molecular complexity index is 880. The van der Waals surface area contributed by atoms with Crippen LogP contribution in [0.3, 0.4) is 0 Å². The number of rotatable bonds is 9. The number of ether oxygens (including phenoxy) is 2. The highest BCUT2D eigenvalue weighted by molar-refractivity contribution is 5.89. The van der Waals surface area contributed by atoms with Gasteiger partial charge in [-0.05, 0) is 23.3 Å². The topological polar surface area (TPSA) is 111 Å². The molecule has 8 heteroatoms. The SMILES string of the molecule is COC(=O)[C@H](Cc1ccccc1)NC(=O)COC(=O)Cc1ccc(NC(C)=O)cc1. The van der Waals surface area contributed by atoms with Crippen LogP contribution >= 0.6 is 0 Å². The Morgan fingerprint density at radius 3 is 2.20 bits per heavy atom. The largest absolute Gasteiger partial charge is 0.467 e. The molecule has 2 rings (SSSR count). The third-order valence-corrected chi connectivity index (χ3v) is 4.09. The van der Waals surface area contributed by atoms with E-state index in [2.05, 4.69) is 10.6 Å². The summed E-state index contributed by atoms with van der Waals surface area (Å²) in [4.78, 5) is 47.1. The third kappa shape index (κ3) is 7.75. The summed E-state index contributed by atoms with van der Waals surface area (Å²) in [7, 11) is 1.24. The molecule has 0 aromatic heterocycles. The number of nitrogens with one attached hydrogen (secondary N) is 2. The fourth-order valence-electron chi connectivity index (χ4n) is 2.69. The second-order valence-electron chi connectivity index (χ2n) is 6.55. The van der Waals surface area contributed by atoms with Crippen molar-refractivity contribution in [2.45, 2.75) is 25.8 Å². The van der Waals surface area contributed by atoms with Gasteiger partial charge in [0.1, 0.15) is 6.04 Å². The highest BCUT2D eigenvalue weighted by Gasteiger charge is 2.22. The molecule has 0 aliphatic heterocycles. The summed E-state index contributed by atoms with van der Waals surface area (Å²) in [6.45, 7) is 0.895. The third-order valence-electron chi connectivity index (χ3n) is 4.09. The van der Waals surface area contributed by atoms with Crippen LogP contribution in [0, 0.1) is 0 Å². The van der Waals surface area contributed by atoms with E-state index in [0.717, 1.165) is 5.56 Å². The first-order chi connectivity index (χ1) is 14.4. The van der Waals surface area contributed by atoms with E-state index in [1.165, 1.54) is 14.0 Å². The van der Waals surface area contributed by atoms with Crippen LogP contribution in [-0.4, -0.2) is 43.5 Å². The molecule has 8 nitrogen and oxygen atoms in total. The first kappa shape index (κ1) is 22.6. The van der Waals surface area contributed by atoms with Gasteiger partial charge in [-0.25, -0.2) is 4.79 Å². The maximum absolute atomic E-state index is 12.1. The quantitative estimate of drug-likeness (QED) is 0.606. The van der Waals surface area contributed by atoms with Gasteiger partial charge >= 0.3 is 11.9 Å². The molecular weight excluding hydrogens is 388 g/mol. The zero-order valence-corrected chi connectivity index (χ0v) is 16.8. The highest BCUT2D eigenvalue weighted by Crippen LogP contribution is 2.10. The van der Waals surface area contributed by atoms with Crippen LogP contribution in [0.4, 0.5) is 5.69 Å². The van der Waals surface area contributed by atoms with Gasteiger partial charge in [-0.1, -0.05) is 42.5 Å². The molecule has 2 N–H and O–H groups in total. The van der Waals surface area contributed by atoms with Crippen LogP contribution in [0.15, 0.2) is 54.6 Å². The summed E-state index contributed by atoms with van der Waals surface area (Å²) in [6.07, 6.45) is 0.228. The zero-order chi connectivity index (χ0) is 21.9. The summed E-state index contributed by atoms with van der Waals surface area (Å²) >= 11 is 0. The second-order valence-corrected chi connectivity index (χ2v) is 6.55. The summed E-state index contributed by atoms with van der Waals surface area (Å²) in [5, 5.41) is 5.16. The summed E-state index contributed by atoms with van der Waals surface area (Å²) in [5.74, 6) is -1.96. The summed E-state index contributed by atoms with van der Waals surface area (Å²) in [5.41, 5.74) is 2.14. The van der Waals surface area contributed by atoms with Crippen LogP contribution in [0.1, 0.15) is 18.1 Å². The number of esters is 2. The molecule has 0 aliphatic carbocycles. The molecule has 0 heterocycles. The molecule has 0 saturated heterocycles. The second kappa shape index (κ2) is 11.4. The van der Waals surface area contributed by atoms with Crippen molar-refractivity contribution in [1.29, 1.82) is 0 Å². The van der Waals surface area contributed by atoms with Crippen molar-refractivity contribution in [1.82, 2.24) is 5.32 Å². The lowest BCUT2D eigenvalue weighted by Gasteiger charge is -2.16.